The van der Waals surface area contributed by atoms with Crippen molar-refractivity contribution >= 4 is 0 Å². The first kappa shape index (κ1) is 13.8. The van der Waals surface area contributed by atoms with Crippen LogP contribution in [0.2, 0.25) is 0 Å². The van der Waals surface area contributed by atoms with Crippen molar-refractivity contribution < 1.29 is 0 Å². The average molecular weight is 286 g/mol. The van der Waals surface area contributed by atoms with Gasteiger partial charge in [0.2, 0.25) is 0 Å². The minimum Gasteiger partial charge on any atom is -0.324 e. The maximum Gasteiger partial charge on any atom is 0.266 e. The summed E-state index contributed by atoms with van der Waals surface area (Å²) in [5.41, 5.74) is 3.60. The molecule has 0 aliphatic heterocycles. The van der Waals surface area contributed by atoms with Crippen LogP contribution in [0.3, 0.4) is 0 Å². The summed E-state index contributed by atoms with van der Waals surface area (Å²) in [6.45, 7) is 0. The van der Waals surface area contributed by atoms with Gasteiger partial charge in [0, 0.05) is 17.7 Å². The van der Waals surface area contributed by atoms with Gasteiger partial charge >= 0.3 is 0 Å². The number of nitrogens with one attached hydrogen (secondary N) is 1. The zero-order valence-electron chi connectivity index (χ0n) is 11.9. The topological polar surface area (TPSA) is 56.6 Å². The quantitative estimate of drug-likeness (QED) is 0.801. The minimum absolute atomic E-state index is 0.135. The van der Waals surface area contributed by atoms with Gasteiger partial charge in [-0.05, 0) is 17.2 Å². The molecule has 3 aromatic rings. The van der Waals surface area contributed by atoms with E-state index in [-0.39, 0.29) is 11.1 Å². The van der Waals surface area contributed by atoms with Gasteiger partial charge in [0.05, 0.1) is 0 Å². The van der Waals surface area contributed by atoms with E-state index in [1.165, 1.54) is 0 Å². The van der Waals surface area contributed by atoms with Gasteiger partial charge in [-0.25, -0.2) is 0 Å². The Bertz CT molecular complexity index is 875. The molecule has 0 bridgehead atoms. The number of H-pyrrole nitrogens is 1. The van der Waals surface area contributed by atoms with Crippen LogP contribution in [-0.2, 0) is 6.42 Å². The number of aromatic nitrogens is 1. The Balaban J connectivity index is 2.14. The summed E-state index contributed by atoms with van der Waals surface area (Å²) in [5.74, 6) is 0. The highest BCUT2D eigenvalue weighted by atomic mass is 16.1. The smallest absolute Gasteiger partial charge is 0.266 e. The molecule has 1 aromatic heterocycles. The average Bonchev–Trinajstić information content (AvgIpc) is 2.57. The van der Waals surface area contributed by atoms with Gasteiger partial charge in [0.15, 0.2) is 0 Å². The van der Waals surface area contributed by atoms with E-state index in [1.54, 1.807) is 6.07 Å². The number of nitriles is 1. The van der Waals surface area contributed by atoms with Crippen LogP contribution in [0.1, 0.15) is 16.8 Å². The minimum atomic E-state index is -0.340. The predicted molar refractivity (Wildman–Crippen MR) is 86.5 cm³/mol. The fourth-order valence-electron chi connectivity index (χ4n) is 2.47. The van der Waals surface area contributed by atoms with E-state index in [4.69, 9.17) is 5.26 Å². The molecule has 1 heterocycles. The Hall–Kier alpha value is -3.12. The van der Waals surface area contributed by atoms with E-state index in [9.17, 15) is 4.79 Å². The number of nitrogens with zero attached hydrogens (tertiary/aromatic N) is 1. The van der Waals surface area contributed by atoms with Crippen molar-refractivity contribution in [1.29, 1.82) is 5.26 Å². The van der Waals surface area contributed by atoms with Gasteiger partial charge in [-0.3, -0.25) is 4.79 Å². The Morgan fingerprint density at radius 2 is 1.59 bits per heavy atom. The number of hydrogen-bond donors (Lipinski definition) is 1. The van der Waals surface area contributed by atoms with Crippen LogP contribution < -0.4 is 5.56 Å². The second-order valence-corrected chi connectivity index (χ2v) is 5.04. The lowest BCUT2D eigenvalue weighted by Crippen LogP contribution is -2.14. The molecule has 0 saturated carbocycles. The van der Waals surface area contributed by atoms with Gasteiger partial charge in [0.1, 0.15) is 11.6 Å². The molecule has 3 heteroatoms. The lowest BCUT2D eigenvalue weighted by molar-refractivity contribution is 1.04. The van der Waals surface area contributed by atoms with Gasteiger partial charge in [-0.2, -0.15) is 5.26 Å². The van der Waals surface area contributed by atoms with Crippen LogP contribution in [0, 0.1) is 11.3 Å². The lowest BCUT2D eigenvalue weighted by atomic mass is 9.98. The van der Waals surface area contributed by atoms with Crippen molar-refractivity contribution in [2.75, 3.05) is 0 Å². The van der Waals surface area contributed by atoms with Gasteiger partial charge in [-0.15, -0.1) is 0 Å². The lowest BCUT2D eigenvalue weighted by Gasteiger charge is -2.10. The van der Waals surface area contributed by atoms with E-state index < -0.39 is 0 Å². The molecule has 0 fully saturated rings. The number of hydrogen-bond acceptors (Lipinski definition) is 2. The van der Waals surface area contributed by atoms with Crippen LogP contribution in [0.25, 0.3) is 11.1 Å². The van der Waals surface area contributed by atoms with Crippen LogP contribution in [-0.4, -0.2) is 4.98 Å². The third kappa shape index (κ3) is 2.82. The molecule has 22 heavy (non-hydrogen) atoms. The van der Waals surface area contributed by atoms with E-state index in [0.717, 1.165) is 22.4 Å². The highest BCUT2D eigenvalue weighted by Gasteiger charge is 2.10. The predicted octanol–water partition coefficient (Wildman–Crippen LogP) is 3.50. The van der Waals surface area contributed by atoms with E-state index in [1.807, 2.05) is 66.7 Å². The summed E-state index contributed by atoms with van der Waals surface area (Å²) in [6.07, 6.45) is 0.617. The maximum atomic E-state index is 12.0. The summed E-state index contributed by atoms with van der Waals surface area (Å²) in [7, 11) is 0. The van der Waals surface area contributed by atoms with Crippen LogP contribution in [0.5, 0.6) is 0 Å². The summed E-state index contributed by atoms with van der Waals surface area (Å²) < 4.78 is 0. The molecule has 0 saturated heterocycles. The first-order valence-electron chi connectivity index (χ1n) is 7.03. The number of rotatable bonds is 3. The maximum absolute atomic E-state index is 12.0. The fraction of sp³-hybridized carbons (Fsp3) is 0.0526. The summed E-state index contributed by atoms with van der Waals surface area (Å²) in [6, 6.07) is 23.3. The number of benzene rings is 2. The van der Waals surface area contributed by atoms with Crippen LogP contribution in [0.15, 0.2) is 71.5 Å². The van der Waals surface area contributed by atoms with Crippen molar-refractivity contribution in [2.45, 2.75) is 6.42 Å². The highest BCUT2D eigenvalue weighted by Crippen LogP contribution is 2.24. The molecule has 0 unspecified atom stereocenters. The Labute approximate surface area is 128 Å². The van der Waals surface area contributed by atoms with E-state index >= 15 is 0 Å². The van der Waals surface area contributed by atoms with Gasteiger partial charge in [0.25, 0.3) is 5.56 Å². The number of pyridine rings is 1. The van der Waals surface area contributed by atoms with Crippen molar-refractivity contribution in [3.63, 3.8) is 0 Å². The van der Waals surface area contributed by atoms with Crippen molar-refractivity contribution in [3.05, 3.63) is 93.9 Å². The molecule has 0 spiro atoms. The summed E-state index contributed by atoms with van der Waals surface area (Å²) >= 11 is 0. The molecular formula is C19H14N2O. The highest BCUT2D eigenvalue weighted by molar-refractivity contribution is 5.67. The monoisotopic (exact) mass is 286 g/mol. The molecular weight excluding hydrogens is 272 g/mol. The normalized spacial score (nSPS) is 10.1. The first-order valence-corrected chi connectivity index (χ1v) is 7.03. The fourth-order valence-corrected chi connectivity index (χ4v) is 2.47. The summed E-state index contributed by atoms with van der Waals surface area (Å²) in [5, 5.41) is 9.10. The Kier molecular flexibility index (Phi) is 3.84. The first-order chi connectivity index (χ1) is 10.8. The number of aromatic amines is 1. The third-order valence-corrected chi connectivity index (χ3v) is 3.55. The van der Waals surface area contributed by atoms with E-state index in [0.29, 0.717) is 6.42 Å². The van der Waals surface area contributed by atoms with Crippen LogP contribution >= 0.6 is 0 Å². The molecule has 0 atom stereocenters. The molecule has 0 aliphatic carbocycles. The van der Waals surface area contributed by atoms with Crippen LogP contribution in [0.4, 0.5) is 0 Å². The molecule has 2 aromatic carbocycles. The molecule has 3 rings (SSSR count). The third-order valence-electron chi connectivity index (χ3n) is 3.55. The van der Waals surface area contributed by atoms with Crippen molar-refractivity contribution in [2.24, 2.45) is 0 Å². The molecule has 106 valence electrons. The standard InChI is InChI=1S/C19H14N2O/c20-13-16-12-17(15-9-5-2-6-10-15)18(21-19(16)22)11-14-7-3-1-4-8-14/h1-10,12H,11H2,(H,21,22). The molecule has 3 nitrogen and oxygen atoms in total. The largest absolute Gasteiger partial charge is 0.324 e. The van der Waals surface area contributed by atoms with Crippen molar-refractivity contribution in [3.8, 4) is 17.2 Å². The Morgan fingerprint density at radius 3 is 2.23 bits per heavy atom. The summed E-state index contributed by atoms with van der Waals surface area (Å²) in [4.78, 5) is 14.8. The van der Waals surface area contributed by atoms with Crippen molar-refractivity contribution in [1.82, 2.24) is 4.98 Å². The zero-order valence-corrected chi connectivity index (χ0v) is 11.9. The SMILES string of the molecule is N#Cc1cc(-c2ccccc2)c(Cc2ccccc2)[nH]c1=O. The molecule has 0 amide bonds. The zero-order chi connectivity index (χ0) is 15.4. The Morgan fingerprint density at radius 1 is 0.955 bits per heavy atom. The van der Waals surface area contributed by atoms with E-state index in [2.05, 4.69) is 4.98 Å². The van der Waals surface area contributed by atoms with Gasteiger partial charge in [-0.1, -0.05) is 60.7 Å². The molecule has 1 N–H and O–H groups in total. The second-order valence-electron chi connectivity index (χ2n) is 5.04. The second kappa shape index (κ2) is 6.11. The molecule has 0 radical (unpaired) electrons. The van der Waals surface area contributed by atoms with Gasteiger partial charge < -0.3 is 4.98 Å². The molecule has 0 aliphatic rings.